The van der Waals surface area contributed by atoms with Crippen LogP contribution >= 0.6 is 0 Å². The molecule has 0 aromatic carbocycles. The molecule has 0 bridgehead atoms. The Balaban J connectivity index is 2.36. The second kappa shape index (κ2) is 6.41. The number of hydrogen-bond acceptors (Lipinski definition) is 4. The highest BCUT2D eigenvalue weighted by Crippen LogP contribution is 2.29. The Labute approximate surface area is 119 Å². The summed E-state index contributed by atoms with van der Waals surface area (Å²) in [5.74, 6) is 1.36. The van der Waals surface area contributed by atoms with E-state index in [2.05, 4.69) is 30.0 Å². The first-order valence-electron chi connectivity index (χ1n) is 6.84. The summed E-state index contributed by atoms with van der Waals surface area (Å²) in [5, 5.41) is 4.61. The quantitative estimate of drug-likeness (QED) is 0.812. The van der Waals surface area contributed by atoms with E-state index in [1.54, 1.807) is 26.5 Å². The van der Waals surface area contributed by atoms with E-state index in [1.807, 2.05) is 4.68 Å². The molecule has 2 heterocycles. The van der Waals surface area contributed by atoms with Crippen molar-refractivity contribution in [2.75, 3.05) is 14.2 Å². The van der Waals surface area contributed by atoms with E-state index in [0.29, 0.717) is 18.0 Å². The lowest BCUT2D eigenvalue weighted by molar-refractivity contribution is 0.347. The molecule has 0 N–H and O–H groups in total. The van der Waals surface area contributed by atoms with Crippen LogP contribution in [-0.4, -0.2) is 29.0 Å². The minimum atomic E-state index is 0.587. The number of ether oxygens (including phenoxy) is 2. The van der Waals surface area contributed by atoms with Gasteiger partial charge in [0.15, 0.2) is 11.5 Å². The van der Waals surface area contributed by atoms with E-state index in [1.165, 1.54) is 5.69 Å². The third kappa shape index (κ3) is 2.76. The SMILES string of the molecule is CCc1cc(CC)n(Cc2nccc(OC)c2OC)n1. The minimum absolute atomic E-state index is 0.587. The lowest BCUT2D eigenvalue weighted by Crippen LogP contribution is -2.09. The highest BCUT2D eigenvalue weighted by atomic mass is 16.5. The Morgan fingerprint density at radius 1 is 1.15 bits per heavy atom. The maximum absolute atomic E-state index is 5.42. The molecular formula is C15H21N3O2. The molecule has 0 spiro atoms. The second-order valence-electron chi connectivity index (χ2n) is 4.48. The Kier molecular flexibility index (Phi) is 4.61. The number of methoxy groups -OCH3 is 2. The molecule has 0 saturated heterocycles. The van der Waals surface area contributed by atoms with Crippen LogP contribution in [0.1, 0.15) is 30.9 Å². The van der Waals surface area contributed by atoms with Crippen LogP contribution in [0.2, 0.25) is 0 Å². The van der Waals surface area contributed by atoms with Crippen molar-refractivity contribution < 1.29 is 9.47 Å². The molecule has 0 radical (unpaired) electrons. The van der Waals surface area contributed by atoms with Crippen molar-refractivity contribution in [1.82, 2.24) is 14.8 Å². The Morgan fingerprint density at radius 2 is 1.95 bits per heavy atom. The molecule has 0 atom stereocenters. The molecule has 0 amide bonds. The number of pyridine rings is 1. The standard InChI is InChI=1S/C15H21N3O2/c1-5-11-9-12(6-2)18(17-11)10-13-15(20-4)14(19-3)7-8-16-13/h7-9H,5-6,10H2,1-4H3. The van der Waals surface area contributed by atoms with Crippen LogP contribution in [0, 0.1) is 0 Å². The third-order valence-corrected chi connectivity index (χ3v) is 3.30. The Morgan fingerprint density at radius 3 is 2.55 bits per heavy atom. The van der Waals surface area contributed by atoms with Crippen molar-refractivity contribution in [1.29, 1.82) is 0 Å². The number of rotatable bonds is 6. The predicted molar refractivity (Wildman–Crippen MR) is 77.4 cm³/mol. The van der Waals surface area contributed by atoms with Crippen LogP contribution in [0.15, 0.2) is 18.3 Å². The molecule has 5 heteroatoms. The lowest BCUT2D eigenvalue weighted by Gasteiger charge is -2.12. The molecule has 2 rings (SSSR count). The highest BCUT2D eigenvalue weighted by Gasteiger charge is 2.14. The van der Waals surface area contributed by atoms with Gasteiger partial charge in [-0.05, 0) is 18.9 Å². The first kappa shape index (κ1) is 14.4. The van der Waals surface area contributed by atoms with Gasteiger partial charge in [-0.1, -0.05) is 13.8 Å². The maximum atomic E-state index is 5.42. The van der Waals surface area contributed by atoms with Gasteiger partial charge in [-0.2, -0.15) is 5.10 Å². The summed E-state index contributed by atoms with van der Waals surface area (Å²) in [6.07, 6.45) is 3.61. The smallest absolute Gasteiger partial charge is 0.184 e. The predicted octanol–water partition coefficient (Wildman–Crippen LogP) is 2.47. The van der Waals surface area contributed by atoms with Crippen molar-refractivity contribution >= 4 is 0 Å². The van der Waals surface area contributed by atoms with E-state index in [0.717, 1.165) is 24.2 Å². The van der Waals surface area contributed by atoms with E-state index in [9.17, 15) is 0 Å². The molecule has 0 aliphatic carbocycles. The first-order chi connectivity index (χ1) is 9.73. The lowest BCUT2D eigenvalue weighted by atomic mass is 10.2. The highest BCUT2D eigenvalue weighted by molar-refractivity contribution is 5.42. The van der Waals surface area contributed by atoms with Crippen molar-refractivity contribution in [2.24, 2.45) is 0 Å². The molecule has 0 aliphatic heterocycles. The van der Waals surface area contributed by atoms with Crippen LogP contribution in [0.5, 0.6) is 11.5 Å². The monoisotopic (exact) mass is 275 g/mol. The molecule has 2 aromatic heterocycles. The molecule has 0 fully saturated rings. The van der Waals surface area contributed by atoms with E-state index in [4.69, 9.17) is 9.47 Å². The average molecular weight is 275 g/mol. The van der Waals surface area contributed by atoms with Gasteiger partial charge in [0.2, 0.25) is 0 Å². The second-order valence-corrected chi connectivity index (χ2v) is 4.48. The largest absolute Gasteiger partial charge is 0.493 e. The normalized spacial score (nSPS) is 10.6. The van der Waals surface area contributed by atoms with Crippen molar-refractivity contribution in [3.63, 3.8) is 0 Å². The summed E-state index contributed by atoms with van der Waals surface area (Å²) in [6, 6.07) is 3.94. The average Bonchev–Trinajstić information content (AvgIpc) is 2.89. The summed E-state index contributed by atoms with van der Waals surface area (Å²) >= 11 is 0. The third-order valence-electron chi connectivity index (χ3n) is 3.30. The summed E-state index contributed by atoms with van der Waals surface area (Å²) in [5.41, 5.74) is 3.13. The molecule has 0 saturated carbocycles. The van der Waals surface area contributed by atoms with Gasteiger partial charge in [0.1, 0.15) is 5.69 Å². The van der Waals surface area contributed by atoms with Gasteiger partial charge >= 0.3 is 0 Å². The van der Waals surface area contributed by atoms with Gasteiger partial charge in [0, 0.05) is 18.0 Å². The van der Waals surface area contributed by atoms with Crippen molar-refractivity contribution in [3.05, 3.63) is 35.4 Å². The van der Waals surface area contributed by atoms with Gasteiger partial charge in [0.05, 0.1) is 26.5 Å². The fourth-order valence-electron chi connectivity index (χ4n) is 2.21. The molecule has 0 unspecified atom stereocenters. The Hall–Kier alpha value is -2.04. The summed E-state index contributed by atoms with van der Waals surface area (Å²) in [4.78, 5) is 4.40. The van der Waals surface area contributed by atoms with Gasteiger partial charge in [-0.3, -0.25) is 9.67 Å². The Bertz CT molecular complexity index is 578. The minimum Gasteiger partial charge on any atom is -0.493 e. The van der Waals surface area contributed by atoms with E-state index < -0.39 is 0 Å². The van der Waals surface area contributed by atoms with Crippen molar-refractivity contribution in [2.45, 2.75) is 33.2 Å². The van der Waals surface area contributed by atoms with Crippen LogP contribution in [0.3, 0.4) is 0 Å². The molecule has 5 nitrogen and oxygen atoms in total. The van der Waals surface area contributed by atoms with Crippen molar-refractivity contribution in [3.8, 4) is 11.5 Å². The fraction of sp³-hybridized carbons (Fsp3) is 0.467. The summed E-state index contributed by atoms with van der Waals surface area (Å²) in [6.45, 7) is 4.82. The molecular weight excluding hydrogens is 254 g/mol. The van der Waals surface area contributed by atoms with Crippen LogP contribution < -0.4 is 9.47 Å². The summed E-state index contributed by atoms with van der Waals surface area (Å²) < 4.78 is 12.7. The molecule has 108 valence electrons. The molecule has 0 aliphatic rings. The molecule has 20 heavy (non-hydrogen) atoms. The summed E-state index contributed by atoms with van der Waals surface area (Å²) in [7, 11) is 3.26. The number of aromatic nitrogens is 3. The van der Waals surface area contributed by atoms with Crippen LogP contribution in [0.25, 0.3) is 0 Å². The zero-order valence-corrected chi connectivity index (χ0v) is 12.5. The van der Waals surface area contributed by atoms with Crippen LogP contribution in [-0.2, 0) is 19.4 Å². The van der Waals surface area contributed by atoms with Gasteiger partial charge in [0.25, 0.3) is 0 Å². The topological polar surface area (TPSA) is 49.2 Å². The molecule has 2 aromatic rings. The zero-order chi connectivity index (χ0) is 14.5. The van der Waals surface area contributed by atoms with Gasteiger partial charge < -0.3 is 9.47 Å². The van der Waals surface area contributed by atoms with Gasteiger partial charge in [-0.25, -0.2) is 0 Å². The maximum Gasteiger partial charge on any atom is 0.184 e. The fourth-order valence-corrected chi connectivity index (χ4v) is 2.21. The van der Waals surface area contributed by atoms with E-state index >= 15 is 0 Å². The van der Waals surface area contributed by atoms with Gasteiger partial charge in [-0.15, -0.1) is 0 Å². The number of hydrogen-bond donors (Lipinski definition) is 0. The van der Waals surface area contributed by atoms with E-state index in [-0.39, 0.29) is 0 Å². The van der Waals surface area contributed by atoms with Crippen LogP contribution in [0.4, 0.5) is 0 Å². The first-order valence-corrected chi connectivity index (χ1v) is 6.84. The zero-order valence-electron chi connectivity index (χ0n) is 12.5. The number of aryl methyl sites for hydroxylation is 2. The number of nitrogens with zero attached hydrogens (tertiary/aromatic N) is 3.